The number of hydrogen-bond donors (Lipinski definition) is 0. The van der Waals surface area contributed by atoms with Gasteiger partial charge in [0, 0.05) is 0 Å². The molecule has 0 fully saturated rings. The first-order valence-corrected chi connectivity index (χ1v) is 14.2. The zero-order chi connectivity index (χ0) is 22.8. The Morgan fingerprint density at radius 3 is 0.938 bits per heavy atom. The molecule has 0 saturated heterocycles. The number of hydrogen-bond acceptors (Lipinski definition) is 0. The molecule has 2 aliphatic rings. The van der Waals surface area contributed by atoms with E-state index in [9.17, 15) is 0 Å². The molecule has 0 bridgehead atoms. The molecular weight excluding hydrogens is 483 g/mol. The quantitative estimate of drug-likeness (QED) is 0.249. The molecule has 0 aromatic heterocycles. The van der Waals surface area contributed by atoms with Gasteiger partial charge in [-0.15, -0.1) is 24.8 Å². The van der Waals surface area contributed by atoms with Crippen LogP contribution in [0.4, 0.5) is 0 Å². The molecule has 0 saturated carbocycles. The van der Waals surface area contributed by atoms with Gasteiger partial charge < -0.3 is 0 Å². The topological polar surface area (TPSA) is 0 Å². The number of rotatable bonds is 0. The Labute approximate surface area is 223 Å². The molecule has 2 unspecified atom stereocenters. The van der Waals surface area contributed by atoms with E-state index in [2.05, 4.69) is 78.0 Å². The molecule has 0 aliphatic heterocycles. The van der Waals surface area contributed by atoms with Crippen molar-refractivity contribution in [1.82, 2.24) is 0 Å². The summed E-state index contributed by atoms with van der Waals surface area (Å²) < 4.78 is 0. The zero-order valence-electron chi connectivity index (χ0n) is 20.1. The van der Waals surface area contributed by atoms with Crippen LogP contribution in [0.5, 0.6) is 0 Å². The van der Waals surface area contributed by atoms with Crippen LogP contribution in [-0.4, -0.2) is 7.63 Å². The number of benzene rings is 2. The van der Waals surface area contributed by atoms with E-state index in [1.165, 1.54) is 22.3 Å². The van der Waals surface area contributed by atoms with Gasteiger partial charge in [-0.05, 0) is 0 Å². The summed E-state index contributed by atoms with van der Waals surface area (Å²) in [6.07, 6.45) is 11.0. The third-order valence-electron chi connectivity index (χ3n) is 4.36. The van der Waals surface area contributed by atoms with Crippen molar-refractivity contribution in [2.24, 2.45) is 11.8 Å². The molecule has 32 heavy (non-hydrogen) atoms. The predicted octanol–water partition coefficient (Wildman–Crippen LogP) is 7.56. The Morgan fingerprint density at radius 1 is 0.594 bits per heavy atom. The van der Waals surface area contributed by atoms with E-state index in [1.807, 2.05) is 87.5 Å². The fourth-order valence-electron chi connectivity index (χ4n) is 2.61. The first-order chi connectivity index (χ1) is 14.4. The molecule has 2 aliphatic carbocycles. The van der Waals surface area contributed by atoms with Crippen LogP contribution in [-0.2, 0) is 19.2 Å². The van der Waals surface area contributed by atoms with Crippen molar-refractivity contribution < 1.29 is 19.2 Å². The molecule has 0 amide bonds. The van der Waals surface area contributed by atoms with Gasteiger partial charge in [-0.3, -0.25) is 12.2 Å². The smallest absolute Gasteiger partial charge is 0.171 e. The summed E-state index contributed by atoms with van der Waals surface area (Å²) in [6.45, 7) is 12.8. The van der Waals surface area contributed by atoms with E-state index in [4.69, 9.17) is 0 Å². The van der Waals surface area contributed by atoms with Gasteiger partial charge in [-0.25, -0.2) is 23.3 Å². The summed E-state index contributed by atoms with van der Waals surface area (Å²) >= 11 is 2.03. The van der Waals surface area contributed by atoms with Crippen molar-refractivity contribution in [2.75, 3.05) is 0 Å². The number of allylic oxidation sites excluding steroid dienone is 8. The molecule has 174 valence electrons. The third-order valence-corrected chi connectivity index (χ3v) is 4.36. The van der Waals surface area contributed by atoms with Crippen molar-refractivity contribution in [3.8, 4) is 0 Å². The van der Waals surface area contributed by atoms with E-state index >= 15 is 0 Å². The Hall–Kier alpha value is -1.09. The molecule has 0 heterocycles. The summed E-state index contributed by atoms with van der Waals surface area (Å²) in [5.74, 6) is 1.13. The molecule has 4 heteroatoms. The summed E-state index contributed by atoms with van der Waals surface area (Å²) in [7, 11) is 1.86. The van der Waals surface area contributed by atoms with Crippen molar-refractivity contribution in [3.05, 3.63) is 119 Å². The molecular formula is C28H36Cl2SiTi-4. The molecule has 0 radical (unpaired) electrons. The van der Waals surface area contributed by atoms with Gasteiger partial charge in [0.05, 0.1) is 0 Å². The van der Waals surface area contributed by atoms with E-state index in [-0.39, 0.29) is 24.8 Å². The van der Waals surface area contributed by atoms with E-state index in [1.54, 1.807) is 0 Å². The monoisotopic (exact) mass is 518 g/mol. The second-order valence-corrected chi connectivity index (χ2v) is 7.03. The van der Waals surface area contributed by atoms with Gasteiger partial charge in [0.1, 0.15) is 0 Å². The zero-order valence-corrected chi connectivity index (χ0v) is 24.7. The van der Waals surface area contributed by atoms with Crippen molar-refractivity contribution in [3.63, 3.8) is 0 Å². The minimum atomic E-state index is 0. The van der Waals surface area contributed by atoms with E-state index in [0.717, 1.165) is 0 Å². The third kappa shape index (κ3) is 18.5. The van der Waals surface area contributed by atoms with Gasteiger partial charge in [0.25, 0.3) is 0 Å². The Bertz CT molecular complexity index is 689. The maximum absolute atomic E-state index is 3.29. The summed E-state index contributed by atoms with van der Waals surface area (Å²) in [4.78, 5) is 0. The van der Waals surface area contributed by atoms with Crippen LogP contribution >= 0.6 is 24.8 Å². The fourth-order valence-corrected chi connectivity index (χ4v) is 2.61. The van der Waals surface area contributed by atoms with Crippen LogP contribution in [0, 0.1) is 36.1 Å². The maximum atomic E-state index is 3.29. The molecule has 0 N–H and O–H groups in total. The normalized spacial score (nSPS) is 16.9. The van der Waals surface area contributed by atoms with Crippen LogP contribution in [0.2, 0.25) is 0 Å². The van der Waals surface area contributed by atoms with Crippen LogP contribution < -0.4 is 0 Å². The van der Waals surface area contributed by atoms with Crippen LogP contribution in [0.15, 0.2) is 95.1 Å². The average molecular weight is 519 g/mol. The molecule has 2 aromatic rings. The molecule has 4 rings (SSSR count). The minimum Gasteiger partial charge on any atom is -0.184 e. The van der Waals surface area contributed by atoms with Gasteiger partial charge >= 0.3 is 26.8 Å². The number of halogens is 2. The van der Waals surface area contributed by atoms with E-state index in [0.29, 0.717) is 11.8 Å². The standard InChI is InChI=1S/2C8H11.2C6H5.2ClH.H2Si.Ti/c2*1-6-4-7(2)8(3)5-6;2*1-2-4-6-5-3-1;;;;/h2*4,8H,1-3H3;2*1-5H;2*1H;1H2;/q4*-1;;;;. The first kappa shape index (κ1) is 35.5. The maximum Gasteiger partial charge on any atom is -0.171 e. The average Bonchev–Trinajstić information content (AvgIpc) is 3.24. The van der Waals surface area contributed by atoms with Gasteiger partial charge in [-0.1, -0.05) is 53.4 Å². The van der Waals surface area contributed by atoms with Gasteiger partial charge in [0.15, 0.2) is 0 Å². The predicted molar refractivity (Wildman–Crippen MR) is 144 cm³/mol. The van der Waals surface area contributed by atoms with Crippen molar-refractivity contribution in [1.29, 1.82) is 0 Å². The van der Waals surface area contributed by atoms with Crippen molar-refractivity contribution >= 4 is 32.4 Å². The van der Waals surface area contributed by atoms with Crippen LogP contribution in [0.3, 0.4) is 0 Å². The SMILES string of the molecule is CC1=[C-]C(C)C(C)=C1.CC1=[C-]C(C)C(C)=C1.Cl.Cl.[SiH2]=[Ti].[c-]1ccccc1.[c-]1ccccc1. The largest absolute Gasteiger partial charge is 0.184 e. The molecule has 2 aromatic carbocycles. The van der Waals surface area contributed by atoms with Gasteiger partial charge in [0.2, 0.25) is 0 Å². The van der Waals surface area contributed by atoms with Crippen LogP contribution in [0.1, 0.15) is 41.5 Å². The molecule has 0 nitrogen and oxygen atoms in total. The molecule has 2 atom stereocenters. The molecule has 0 spiro atoms. The second kappa shape index (κ2) is 23.1. The Morgan fingerprint density at radius 2 is 0.875 bits per heavy atom. The fraction of sp³-hybridized carbons (Fsp3) is 0.286. The summed E-state index contributed by atoms with van der Waals surface area (Å²) in [5, 5.41) is 0. The second-order valence-electron chi connectivity index (χ2n) is 7.03. The summed E-state index contributed by atoms with van der Waals surface area (Å²) in [6, 6.07) is 25.0. The first-order valence-electron chi connectivity index (χ1n) is 10.1. The van der Waals surface area contributed by atoms with E-state index < -0.39 is 0 Å². The Balaban J connectivity index is -0.000000337. The van der Waals surface area contributed by atoms with Crippen molar-refractivity contribution in [2.45, 2.75) is 41.5 Å². The minimum absolute atomic E-state index is 0. The van der Waals surface area contributed by atoms with Gasteiger partial charge in [-0.2, -0.15) is 83.9 Å². The summed E-state index contributed by atoms with van der Waals surface area (Å²) in [5.41, 5.74) is 5.44. The van der Waals surface area contributed by atoms with Crippen LogP contribution in [0.25, 0.3) is 0 Å². The Kier molecular flexibility index (Phi) is 25.6.